The van der Waals surface area contributed by atoms with E-state index >= 15 is 0 Å². The highest BCUT2D eigenvalue weighted by atomic mass is 19.3. The molecule has 1 rings (SSSR count). The predicted octanol–water partition coefficient (Wildman–Crippen LogP) is -0.107. The van der Waals surface area contributed by atoms with E-state index in [1.54, 1.807) is 0 Å². The minimum atomic E-state index is -2.99. The van der Waals surface area contributed by atoms with Gasteiger partial charge < -0.3 is 10.4 Å². The summed E-state index contributed by atoms with van der Waals surface area (Å²) >= 11 is 0. The summed E-state index contributed by atoms with van der Waals surface area (Å²) in [5.41, 5.74) is -0.729. The zero-order valence-electron chi connectivity index (χ0n) is 5.81. The minimum Gasteiger partial charge on any atom is -0.394 e. The van der Waals surface area contributed by atoms with Crippen LogP contribution >= 0.6 is 0 Å². The molecule has 5 heteroatoms. The molecule has 64 valence electrons. The number of nitrogens with one attached hydrogen (secondary N) is 1. The van der Waals surface area contributed by atoms with Crippen LogP contribution in [0.4, 0.5) is 8.78 Å². The highest BCUT2D eigenvalue weighted by Gasteiger charge is 2.44. The molecule has 0 heterocycles. The monoisotopic (exact) mass is 165 g/mol. The summed E-state index contributed by atoms with van der Waals surface area (Å²) in [6.45, 7) is -0.258. The Morgan fingerprint density at radius 1 is 1.64 bits per heavy atom. The highest BCUT2D eigenvalue weighted by molar-refractivity contribution is 5.80. The van der Waals surface area contributed by atoms with Crippen molar-refractivity contribution < 1.29 is 18.7 Å². The summed E-state index contributed by atoms with van der Waals surface area (Å²) in [4.78, 5) is 10.4. The van der Waals surface area contributed by atoms with E-state index in [2.05, 4.69) is 5.32 Å². The number of hydrogen-bond donors (Lipinski definition) is 2. The fourth-order valence-corrected chi connectivity index (χ4v) is 0.789. The molecular weight excluding hydrogens is 156 g/mol. The van der Waals surface area contributed by atoms with Crippen molar-refractivity contribution in [1.82, 2.24) is 5.32 Å². The van der Waals surface area contributed by atoms with E-state index in [9.17, 15) is 13.6 Å². The number of alkyl halides is 2. The molecule has 0 aromatic carbocycles. The van der Waals surface area contributed by atoms with Gasteiger partial charge >= 0.3 is 6.43 Å². The van der Waals surface area contributed by atoms with Crippen molar-refractivity contribution in [3.8, 4) is 0 Å². The average Bonchev–Trinajstić information content (AvgIpc) is 2.69. The summed E-state index contributed by atoms with van der Waals surface area (Å²) in [6, 6.07) is 0. The van der Waals surface area contributed by atoms with E-state index < -0.39 is 17.9 Å². The van der Waals surface area contributed by atoms with Gasteiger partial charge in [-0.1, -0.05) is 0 Å². The Morgan fingerprint density at radius 3 is 2.45 bits per heavy atom. The van der Waals surface area contributed by atoms with Crippen LogP contribution in [0.5, 0.6) is 0 Å². The first-order valence-corrected chi connectivity index (χ1v) is 3.31. The Hall–Kier alpha value is -0.710. The molecule has 0 saturated heterocycles. The van der Waals surface area contributed by atoms with Crippen LogP contribution in [0.2, 0.25) is 0 Å². The predicted molar refractivity (Wildman–Crippen MR) is 33.2 cm³/mol. The van der Waals surface area contributed by atoms with Crippen LogP contribution in [0, 0.1) is 0 Å². The van der Waals surface area contributed by atoms with Gasteiger partial charge in [-0.2, -0.15) is 8.78 Å². The van der Waals surface area contributed by atoms with Gasteiger partial charge in [0.15, 0.2) is 0 Å². The van der Waals surface area contributed by atoms with E-state index in [0.29, 0.717) is 12.8 Å². The molecule has 1 amide bonds. The normalized spacial score (nSPS) is 20.0. The van der Waals surface area contributed by atoms with E-state index in [4.69, 9.17) is 5.11 Å². The molecule has 0 unspecified atom stereocenters. The number of amides is 1. The van der Waals surface area contributed by atoms with Crippen LogP contribution in [-0.2, 0) is 4.79 Å². The van der Waals surface area contributed by atoms with Crippen molar-refractivity contribution in [1.29, 1.82) is 0 Å². The second-order valence-corrected chi connectivity index (χ2v) is 2.73. The number of hydrogen-bond acceptors (Lipinski definition) is 2. The molecule has 0 atom stereocenters. The SMILES string of the molecule is O=C(NC1(CO)CC1)C(F)F. The fraction of sp³-hybridized carbons (Fsp3) is 0.833. The van der Waals surface area contributed by atoms with Crippen LogP contribution in [0.15, 0.2) is 0 Å². The maximum atomic E-state index is 11.6. The van der Waals surface area contributed by atoms with E-state index in [0.717, 1.165) is 0 Å². The van der Waals surface area contributed by atoms with Gasteiger partial charge in [0, 0.05) is 0 Å². The molecule has 0 aromatic heterocycles. The topological polar surface area (TPSA) is 49.3 Å². The Morgan fingerprint density at radius 2 is 2.18 bits per heavy atom. The van der Waals surface area contributed by atoms with Gasteiger partial charge in [0.1, 0.15) is 0 Å². The first-order chi connectivity index (χ1) is 5.09. The zero-order chi connectivity index (χ0) is 8.48. The minimum absolute atomic E-state index is 0.258. The lowest BCUT2D eigenvalue weighted by atomic mass is 10.3. The van der Waals surface area contributed by atoms with Gasteiger partial charge in [0.05, 0.1) is 12.1 Å². The summed E-state index contributed by atoms with van der Waals surface area (Å²) < 4.78 is 23.3. The third kappa shape index (κ3) is 1.86. The molecule has 1 saturated carbocycles. The van der Waals surface area contributed by atoms with Crippen molar-refractivity contribution in [2.45, 2.75) is 24.8 Å². The summed E-state index contributed by atoms with van der Waals surface area (Å²) in [5.74, 6) is -1.29. The smallest absolute Gasteiger partial charge is 0.315 e. The standard InChI is InChI=1S/C6H9F2NO2/c7-4(8)5(11)9-6(3-10)1-2-6/h4,10H,1-3H2,(H,9,11). The molecule has 0 bridgehead atoms. The molecule has 3 nitrogen and oxygen atoms in total. The Labute approximate surface area is 62.4 Å². The van der Waals surface area contributed by atoms with Gasteiger partial charge in [0.2, 0.25) is 0 Å². The molecule has 11 heavy (non-hydrogen) atoms. The molecule has 0 spiro atoms. The maximum Gasteiger partial charge on any atom is 0.315 e. The first kappa shape index (κ1) is 8.39. The van der Waals surface area contributed by atoms with Crippen LogP contribution in [0.3, 0.4) is 0 Å². The number of carbonyl (C=O) groups is 1. The lowest BCUT2D eigenvalue weighted by Crippen LogP contribution is -2.42. The molecule has 1 aliphatic carbocycles. The molecule has 0 aromatic rings. The Balaban J connectivity index is 2.36. The van der Waals surface area contributed by atoms with Crippen molar-refractivity contribution in [2.24, 2.45) is 0 Å². The van der Waals surface area contributed by atoms with E-state index in [1.807, 2.05) is 0 Å². The molecule has 0 aliphatic heterocycles. The summed E-state index contributed by atoms with van der Waals surface area (Å²) in [7, 11) is 0. The van der Waals surface area contributed by atoms with Crippen LogP contribution in [0.25, 0.3) is 0 Å². The van der Waals surface area contributed by atoms with Crippen molar-refractivity contribution in [3.05, 3.63) is 0 Å². The van der Waals surface area contributed by atoms with Gasteiger partial charge in [-0.15, -0.1) is 0 Å². The van der Waals surface area contributed by atoms with Crippen molar-refractivity contribution in [3.63, 3.8) is 0 Å². The van der Waals surface area contributed by atoms with Crippen LogP contribution < -0.4 is 5.32 Å². The van der Waals surface area contributed by atoms with Gasteiger partial charge in [-0.25, -0.2) is 0 Å². The van der Waals surface area contributed by atoms with E-state index in [-0.39, 0.29) is 6.61 Å². The van der Waals surface area contributed by atoms with Crippen molar-refractivity contribution >= 4 is 5.91 Å². The van der Waals surface area contributed by atoms with E-state index in [1.165, 1.54) is 0 Å². The Kier molecular flexibility index (Phi) is 2.08. The third-order valence-corrected chi connectivity index (χ3v) is 1.74. The Bertz CT molecular complexity index is 168. The van der Waals surface area contributed by atoms with Crippen molar-refractivity contribution in [2.75, 3.05) is 6.61 Å². The average molecular weight is 165 g/mol. The fourth-order valence-electron chi connectivity index (χ4n) is 0.789. The number of rotatable bonds is 3. The number of carbonyl (C=O) groups excluding carboxylic acids is 1. The molecule has 2 N–H and O–H groups in total. The lowest BCUT2D eigenvalue weighted by molar-refractivity contribution is -0.133. The second-order valence-electron chi connectivity index (χ2n) is 2.73. The summed E-state index contributed by atoms with van der Waals surface area (Å²) in [5, 5.41) is 10.7. The molecule has 1 fully saturated rings. The largest absolute Gasteiger partial charge is 0.394 e. The van der Waals surface area contributed by atoms with Gasteiger partial charge in [0.25, 0.3) is 5.91 Å². The zero-order valence-corrected chi connectivity index (χ0v) is 5.81. The van der Waals surface area contributed by atoms with Crippen LogP contribution in [-0.4, -0.2) is 29.6 Å². The first-order valence-electron chi connectivity index (χ1n) is 3.31. The van der Waals surface area contributed by atoms with Gasteiger partial charge in [-0.05, 0) is 12.8 Å². The molecule has 0 radical (unpaired) electrons. The highest BCUT2D eigenvalue weighted by Crippen LogP contribution is 2.34. The van der Waals surface area contributed by atoms with Crippen LogP contribution in [0.1, 0.15) is 12.8 Å². The maximum absolute atomic E-state index is 11.6. The third-order valence-electron chi connectivity index (χ3n) is 1.74. The molecular formula is C6H9F2NO2. The number of aliphatic hydroxyl groups is 1. The second kappa shape index (κ2) is 2.73. The quantitative estimate of drug-likeness (QED) is 0.613. The van der Waals surface area contributed by atoms with Gasteiger partial charge in [-0.3, -0.25) is 4.79 Å². The molecule has 1 aliphatic rings. The lowest BCUT2D eigenvalue weighted by Gasteiger charge is -2.12. The number of halogens is 2. The number of aliphatic hydroxyl groups excluding tert-OH is 1. The summed E-state index contributed by atoms with van der Waals surface area (Å²) in [6.07, 6.45) is -1.82.